The molecule has 0 saturated heterocycles. The van der Waals surface area contributed by atoms with E-state index in [1.54, 1.807) is 6.92 Å². The van der Waals surface area contributed by atoms with Gasteiger partial charge in [0.1, 0.15) is 5.76 Å². The van der Waals surface area contributed by atoms with E-state index < -0.39 is 0 Å². The Bertz CT molecular complexity index is 557. The maximum Gasteiger partial charge on any atom is 0.168 e. The van der Waals surface area contributed by atoms with Gasteiger partial charge in [0.15, 0.2) is 5.78 Å². The molecule has 0 bridgehead atoms. The third kappa shape index (κ3) is 1.68. The SMILES string of the molecule is Cc1onc2c1C(=O)CC(c1ccccc1)C2. The number of benzene rings is 1. The molecule has 1 heterocycles. The van der Waals surface area contributed by atoms with Gasteiger partial charge in [0.05, 0.1) is 11.3 Å². The van der Waals surface area contributed by atoms with Crippen molar-refractivity contribution in [3.05, 3.63) is 52.9 Å². The molecule has 0 fully saturated rings. The summed E-state index contributed by atoms with van der Waals surface area (Å²) in [7, 11) is 0. The Balaban J connectivity index is 1.97. The van der Waals surface area contributed by atoms with E-state index in [2.05, 4.69) is 17.3 Å². The van der Waals surface area contributed by atoms with Crippen molar-refractivity contribution < 1.29 is 9.32 Å². The van der Waals surface area contributed by atoms with Crippen molar-refractivity contribution in [2.24, 2.45) is 0 Å². The molecule has 1 aromatic heterocycles. The number of rotatable bonds is 1. The molecule has 0 saturated carbocycles. The highest BCUT2D eigenvalue weighted by atomic mass is 16.5. The molecule has 0 spiro atoms. The molecule has 1 aliphatic carbocycles. The number of nitrogens with zero attached hydrogens (tertiary/aromatic N) is 1. The summed E-state index contributed by atoms with van der Waals surface area (Å²) in [5, 5.41) is 3.99. The van der Waals surface area contributed by atoms with E-state index >= 15 is 0 Å². The molecule has 86 valence electrons. The second-order valence-electron chi connectivity index (χ2n) is 4.50. The summed E-state index contributed by atoms with van der Waals surface area (Å²) >= 11 is 0. The Morgan fingerprint density at radius 3 is 2.76 bits per heavy atom. The van der Waals surface area contributed by atoms with Crippen molar-refractivity contribution in [3.63, 3.8) is 0 Å². The van der Waals surface area contributed by atoms with Gasteiger partial charge >= 0.3 is 0 Å². The van der Waals surface area contributed by atoms with E-state index in [0.29, 0.717) is 17.7 Å². The van der Waals surface area contributed by atoms with Crippen LogP contribution in [0.4, 0.5) is 0 Å². The Morgan fingerprint density at radius 2 is 2.00 bits per heavy atom. The quantitative estimate of drug-likeness (QED) is 0.752. The molecule has 1 aromatic carbocycles. The van der Waals surface area contributed by atoms with Gasteiger partial charge in [-0.3, -0.25) is 4.79 Å². The summed E-state index contributed by atoms with van der Waals surface area (Å²) in [4.78, 5) is 12.1. The highest BCUT2D eigenvalue weighted by Crippen LogP contribution is 2.33. The fraction of sp³-hybridized carbons (Fsp3) is 0.286. The number of hydrogen-bond acceptors (Lipinski definition) is 3. The van der Waals surface area contributed by atoms with Gasteiger partial charge < -0.3 is 4.52 Å². The maximum atomic E-state index is 12.1. The summed E-state index contributed by atoms with van der Waals surface area (Å²) in [5.74, 6) is 1.04. The van der Waals surface area contributed by atoms with Crippen molar-refractivity contribution in [1.82, 2.24) is 5.16 Å². The number of hydrogen-bond donors (Lipinski definition) is 0. The molecule has 1 aliphatic rings. The zero-order valence-corrected chi connectivity index (χ0v) is 9.64. The summed E-state index contributed by atoms with van der Waals surface area (Å²) in [5.41, 5.74) is 2.72. The van der Waals surface area contributed by atoms with Gasteiger partial charge in [0.25, 0.3) is 0 Å². The lowest BCUT2D eigenvalue weighted by atomic mass is 9.82. The maximum absolute atomic E-state index is 12.1. The molecule has 3 rings (SSSR count). The molecule has 0 N–H and O–H groups in total. The summed E-state index contributed by atoms with van der Waals surface area (Å²) in [6.07, 6.45) is 1.35. The van der Waals surface area contributed by atoms with Crippen LogP contribution in [0.5, 0.6) is 0 Å². The van der Waals surface area contributed by atoms with Crippen molar-refractivity contribution in [3.8, 4) is 0 Å². The Hall–Kier alpha value is -1.90. The van der Waals surface area contributed by atoms with E-state index in [1.807, 2.05) is 18.2 Å². The second-order valence-corrected chi connectivity index (χ2v) is 4.50. The first-order valence-corrected chi connectivity index (χ1v) is 5.79. The Kier molecular flexibility index (Phi) is 2.32. The molecular formula is C14H13NO2. The van der Waals surface area contributed by atoms with Crippen molar-refractivity contribution >= 4 is 5.78 Å². The van der Waals surface area contributed by atoms with Crippen LogP contribution in [0, 0.1) is 6.92 Å². The average Bonchev–Trinajstić information content (AvgIpc) is 2.73. The summed E-state index contributed by atoms with van der Waals surface area (Å²) < 4.78 is 5.10. The van der Waals surface area contributed by atoms with Gasteiger partial charge in [-0.25, -0.2) is 0 Å². The highest BCUT2D eigenvalue weighted by molar-refractivity contribution is 5.99. The van der Waals surface area contributed by atoms with E-state index in [-0.39, 0.29) is 11.7 Å². The van der Waals surface area contributed by atoms with Crippen molar-refractivity contribution in [2.75, 3.05) is 0 Å². The highest BCUT2D eigenvalue weighted by Gasteiger charge is 2.30. The van der Waals surface area contributed by atoms with Gasteiger partial charge in [0.2, 0.25) is 0 Å². The minimum Gasteiger partial charge on any atom is -0.361 e. The number of carbonyl (C=O) groups excluding carboxylic acids is 1. The predicted molar refractivity (Wildman–Crippen MR) is 63.1 cm³/mol. The predicted octanol–water partition coefficient (Wildman–Crippen LogP) is 2.90. The monoisotopic (exact) mass is 227 g/mol. The Labute approximate surface area is 99.4 Å². The lowest BCUT2D eigenvalue weighted by Crippen LogP contribution is -2.18. The lowest BCUT2D eigenvalue weighted by Gasteiger charge is -2.20. The molecule has 17 heavy (non-hydrogen) atoms. The van der Waals surface area contributed by atoms with Gasteiger partial charge in [-0.05, 0) is 18.4 Å². The van der Waals surface area contributed by atoms with E-state index in [9.17, 15) is 4.79 Å². The van der Waals surface area contributed by atoms with Gasteiger partial charge in [-0.1, -0.05) is 35.5 Å². The number of Topliss-reactive ketones (excluding diaryl/α,β-unsaturated/α-hetero) is 1. The van der Waals surface area contributed by atoms with Crippen LogP contribution >= 0.6 is 0 Å². The van der Waals surface area contributed by atoms with Crippen LogP contribution in [-0.2, 0) is 6.42 Å². The van der Waals surface area contributed by atoms with Crippen LogP contribution in [0.25, 0.3) is 0 Å². The standard InChI is InChI=1S/C14H13NO2/c1-9-14-12(15-17-9)7-11(8-13(14)16)10-5-3-2-4-6-10/h2-6,11H,7-8H2,1H3. The fourth-order valence-corrected chi connectivity index (χ4v) is 2.51. The second kappa shape index (κ2) is 3.84. The molecule has 0 amide bonds. The first-order valence-electron chi connectivity index (χ1n) is 5.79. The van der Waals surface area contributed by atoms with E-state index in [1.165, 1.54) is 5.56 Å². The van der Waals surface area contributed by atoms with E-state index in [4.69, 9.17) is 4.52 Å². The van der Waals surface area contributed by atoms with Gasteiger partial charge in [0, 0.05) is 12.8 Å². The number of ketones is 1. The van der Waals surface area contributed by atoms with Crippen LogP contribution in [0.2, 0.25) is 0 Å². The van der Waals surface area contributed by atoms with Crippen LogP contribution in [0.15, 0.2) is 34.9 Å². The van der Waals surface area contributed by atoms with Crippen molar-refractivity contribution in [2.45, 2.75) is 25.7 Å². The molecule has 2 aromatic rings. The lowest BCUT2D eigenvalue weighted by molar-refractivity contribution is 0.0963. The molecule has 0 radical (unpaired) electrons. The largest absolute Gasteiger partial charge is 0.361 e. The molecular weight excluding hydrogens is 214 g/mol. The zero-order valence-electron chi connectivity index (χ0n) is 9.64. The third-order valence-electron chi connectivity index (χ3n) is 3.35. The Morgan fingerprint density at radius 1 is 1.24 bits per heavy atom. The normalized spacial score (nSPS) is 19.1. The molecule has 0 aliphatic heterocycles. The first kappa shape index (κ1) is 10.3. The summed E-state index contributed by atoms with van der Waals surface area (Å²) in [6, 6.07) is 10.1. The number of aryl methyl sites for hydroxylation is 1. The van der Waals surface area contributed by atoms with Crippen LogP contribution < -0.4 is 0 Å². The van der Waals surface area contributed by atoms with E-state index in [0.717, 1.165) is 12.1 Å². The zero-order chi connectivity index (χ0) is 11.8. The first-order chi connectivity index (χ1) is 8.25. The van der Waals surface area contributed by atoms with Gasteiger partial charge in [-0.15, -0.1) is 0 Å². The molecule has 3 heteroatoms. The van der Waals surface area contributed by atoms with Crippen LogP contribution in [0.1, 0.15) is 39.7 Å². The average molecular weight is 227 g/mol. The van der Waals surface area contributed by atoms with Gasteiger partial charge in [-0.2, -0.15) is 0 Å². The minimum atomic E-state index is 0.152. The minimum absolute atomic E-state index is 0.152. The van der Waals surface area contributed by atoms with Crippen molar-refractivity contribution in [1.29, 1.82) is 0 Å². The number of aromatic nitrogens is 1. The topological polar surface area (TPSA) is 43.1 Å². The third-order valence-corrected chi connectivity index (χ3v) is 3.35. The summed E-state index contributed by atoms with van der Waals surface area (Å²) in [6.45, 7) is 1.80. The van der Waals surface area contributed by atoms with Crippen LogP contribution in [0.3, 0.4) is 0 Å². The molecule has 1 atom stereocenters. The molecule has 1 unspecified atom stereocenters. The number of carbonyl (C=O) groups is 1. The fourth-order valence-electron chi connectivity index (χ4n) is 2.51. The smallest absolute Gasteiger partial charge is 0.168 e. The number of fused-ring (bicyclic) bond motifs is 1. The van der Waals surface area contributed by atoms with Crippen LogP contribution in [-0.4, -0.2) is 10.9 Å². The molecule has 3 nitrogen and oxygen atoms in total.